The van der Waals surface area contributed by atoms with E-state index in [4.69, 9.17) is 38.8 Å². The van der Waals surface area contributed by atoms with Crippen LogP contribution in [0.4, 0.5) is 5.82 Å². The summed E-state index contributed by atoms with van der Waals surface area (Å²) in [5.74, 6) is 0.458. The van der Waals surface area contributed by atoms with Gasteiger partial charge in [0.1, 0.15) is 17.8 Å². The number of rotatable bonds is 5. The number of hydrogen-bond donors (Lipinski definition) is 1. The number of nitrogens with zero attached hydrogens (tertiary/aromatic N) is 6. The van der Waals surface area contributed by atoms with E-state index in [0.29, 0.717) is 28.4 Å². The van der Waals surface area contributed by atoms with E-state index in [1.54, 1.807) is 6.33 Å². The molecule has 2 N–H and O–H groups in total. The number of morpholine rings is 1. The van der Waals surface area contributed by atoms with Gasteiger partial charge in [0.2, 0.25) is 0 Å². The quantitative estimate of drug-likeness (QED) is 0.268. The minimum atomic E-state index is 0.285. The van der Waals surface area contributed by atoms with Crippen molar-refractivity contribution < 1.29 is 4.74 Å². The maximum Gasteiger partial charge on any atom is 0.164 e. The molecule has 0 unspecified atom stereocenters. The molecule has 206 valence electrons. The summed E-state index contributed by atoms with van der Waals surface area (Å²) in [7, 11) is 0. The zero-order valence-electron chi connectivity index (χ0n) is 22.1. The number of aromatic nitrogens is 5. The Labute approximate surface area is 242 Å². The van der Waals surface area contributed by atoms with Crippen molar-refractivity contribution in [3.8, 4) is 11.3 Å². The van der Waals surface area contributed by atoms with E-state index < -0.39 is 0 Å². The van der Waals surface area contributed by atoms with Crippen molar-refractivity contribution in [2.75, 3.05) is 32.0 Å². The number of fused-ring (bicyclic) bond motifs is 2. The number of nitrogens with two attached hydrogens (primary N) is 1. The third-order valence-electron chi connectivity index (χ3n) is 8.53. The standard InChI is InChI=1S/C30H31Cl2N7O/c31-24-2-1-3-25(32)23(24)17-38-11-10-19-16-20(4-9-26(19)38)28-27-29(33)34-18-35-30(27)39(36-28)22-7-5-21(6-8-22)37-12-14-40-15-13-37/h1-4,9-11,16,18,21-22H,5-8,12-15,17H2,(H2,33,34,35). The van der Waals surface area contributed by atoms with Gasteiger partial charge in [-0.3, -0.25) is 4.90 Å². The molecule has 5 aromatic rings. The van der Waals surface area contributed by atoms with Gasteiger partial charge in [0.05, 0.1) is 31.2 Å². The predicted molar refractivity (Wildman–Crippen MR) is 160 cm³/mol. The van der Waals surface area contributed by atoms with Crippen molar-refractivity contribution in [3.05, 3.63) is 70.6 Å². The second-order valence-corrected chi connectivity index (χ2v) is 11.6. The van der Waals surface area contributed by atoms with Gasteiger partial charge in [-0.25, -0.2) is 14.6 Å². The van der Waals surface area contributed by atoms with Gasteiger partial charge in [-0.1, -0.05) is 35.3 Å². The van der Waals surface area contributed by atoms with Crippen LogP contribution in [-0.2, 0) is 11.3 Å². The Morgan fingerprint density at radius 2 is 1.68 bits per heavy atom. The van der Waals surface area contributed by atoms with Gasteiger partial charge in [0.25, 0.3) is 0 Å². The Bertz CT molecular complexity index is 1660. The first kappa shape index (κ1) is 25.8. The van der Waals surface area contributed by atoms with E-state index in [1.807, 2.05) is 18.2 Å². The molecule has 0 atom stereocenters. The first-order valence-electron chi connectivity index (χ1n) is 13.9. The van der Waals surface area contributed by atoms with E-state index in [9.17, 15) is 0 Å². The molecular formula is C30H31Cl2N7O. The lowest BCUT2D eigenvalue weighted by molar-refractivity contribution is 0.00520. The summed E-state index contributed by atoms with van der Waals surface area (Å²) in [5.41, 5.74) is 11.1. The van der Waals surface area contributed by atoms with Crippen LogP contribution in [0, 0.1) is 0 Å². The van der Waals surface area contributed by atoms with Crippen LogP contribution in [0.5, 0.6) is 0 Å². The summed E-state index contributed by atoms with van der Waals surface area (Å²) in [4.78, 5) is 11.6. The predicted octanol–water partition coefficient (Wildman–Crippen LogP) is 6.20. The van der Waals surface area contributed by atoms with Crippen LogP contribution in [0.2, 0.25) is 10.0 Å². The SMILES string of the molecule is Nc1ncnc2c1c(-c1ccc3c(ccn3Cc3c(Cl)cccc3Cl)c1)nn2C1CCC(N2CCOCC2)CC1. The second-order valence-electron chi connectivity index (χ2n) is 10.8. The molecule has 2 fully saturated rings. The molecule has 8 nitrogen and oxygen atoms in total. The average Bonchev–Trinajstić information content (AvgIpc) is 3.58. The van der Waals surface area contributed by atoms with E-state index in [1.165, 1.54) is 0 Å². The number of benzene rings is 2. The van der Waals surface area contributed by atoms with Crippen LogP contribution < -0.4 is 5.73 Å². The highest BCUT2D eigenvalue weighted by molar-refractivity contribution is 6.36. The highest BCUT2D eigenvalue weighted by Gasteiger charge is 2.30. The summed E-state index contributed by atoms with van der Waals surface area (Å²) < 4.78 is 9.82. The van der Waals surface area contributed by atoms with E-state index >= 15 is 0 Å². The maximum atomic E-state index is 6.45. The molecule has 7 rings (SSSR count). The fourth-order valence-electron chi connectivity index (χ4n) is 6.40. The van der Waals surface area contributed by atoms with Crippen molar-refractivity contribution in [3.63, 3.8) is 0 Å². The van der Waals surface area contributed by atoms with Gasteiger partial charge in [0.15, 0.2) is 5.65 Å². The molecule has 1 aliphatic heterocycles. The number of nitrogen functional groups attached to an aromatic ring is 1. The zero-order chi connectivity index (χ0) is 27.2. The molecule has 10 heteroatoms. The lowest BCUT2D eigenvalue weighted by Gasteiger charge is -2.38. The van der Waals surface area contributed by atoms with E-state index in [2.05, 4.69) is 54.6 Å². The third-order valence-corrected chi connectivity index (χ3v) is 9.24. The Hall–Kier alpha value is -3.17. The number of ether oxygens (including phenoxy) is 1. The first-order chi connectivity index (χ1) is 19.6. The van der Waals surface area contributed by atoms with Crippen LogP contribution in [0.3, 0.4) is 0 Å². The van der Waals surface area contributed by atoms with E-state index in [-0.39, 0.29) is 6.04 Å². The van der Waals surface area contributed by atoms with E-state index in [0.717, 1.165) is 90.7 Å². The highest BCUT2D eigenvalue weighted by atomic mass is 35.5. The third kappa shape index (κ3) is 4.63. The van der Waals surface area contributed by atoms with Gasteiger partial charge in [-0.15, -0.1) is 0 Å². The van der Waals surface area contributed by atoms with Gasteiger partial charge in [0, 0.05) is 57.4 Å². The van der Waals surface area contributed by atoms with Crippen LogP contribution in [0.15, 0.2) is 55.0 Å². The van der Waals surface area contributed by atoms with Gasteiger partial charge in [-0.2, -0.15) is 5.10 Å². The molecular weight excluding hydrogens is 545 g/mol. The van der Waals surface area contributed by atoms with Crippen LogP contribution in [0.1, 0.15) is 37.3 Å². The Kier molecular flexibility index (Phi) is 6.87. The summed E-state index contributed by atoms with van der Waals surface area (Å²) in [6, 6.07) is 15.0. The monoisotopic (exact) mass is 575 g/mol. The maximum absolute atomic E-state index is 6.45. The van der Waals surface area contributed by atoms with Crippen molar-refractivity contribution in [2.45, 2.75) is 44.3 Å². The molecule has 1 saturated heterocycles. The Morgan fingerprint density at radius 1 is 0.925 bits per heavy atom. The molecule has 0 radical (unpaired) electrons. The summed E-state index contributed by atoms with van der Waals surface area (Å²) in [6.07, 6.45) is 8.04. The summed E-state index contributed by atoms with van der Waals surface area (Å²) in [5, 5.41) is 8.39. The molecule has 2 aromatic carbocycles. The summed E-state index contributed by atoms with van der Waals surface area (Å²) >= 11 is 12.9. The fraction of sp³-hybridized carbons (Fsp3) is 0.367. The average molecular weight is 577 g/mol. The molecule has 2 aliphatic rings. The van der Waals surface area contributed by atoms with Crippen LogP contribution >= 0.6 is 23.2 Å². The van der Waals surface area contributed by atoms with Gasteiger partial charge < -0.3 is 15.0 Å². The Balaban J connectivity index is 1.20. The topological polar surface area (TPSA) is 87.0 Å². The van der Waals surface area contributed by atoms with Crippen LogP contribution in [-0.4, -0.2) is 61.6 Å². The molecule has 0 bridgehead atoms. The second kappa shape index (κ2) is 10.7. The first-order valence-corrected chi connectivity index (χ1v) is 14.6. The smallest absolute Gasteiger partial charge is 0.164 e. The van der Waals surface area contributed by atoms with Gasteiger partial charge in [-0.05, 0) is 56.0 Å². The molecule has 0 amide bonds. The fourth-order valence-corrected chi connectivity index (χ4v) is 6.92. The van der Waals surface area contributed by atoms with Crippen molar-refractivity contribution in [1.29, 1.82) is 0 Å². The molecule has 40 heavy (non-hydrogen) atoms. The molecule has 0 spiro atoms. The summed E-state index contributed by atoms with van der Waals surface area (Å²) in [6.45, 7) is 4.33. The minimum absolute atomic E-state index is 0.285. The van der Waals surface area contributed by atoms with Crippen molar-refractivity contribution in [2.24, 2.45) is 0 Å². The van der Waals surface area contributed by atoms with Gasteiger partial charge >= 0.3 is 0 Å². The van der Waals surface area contributed by atoms with Crippen molar-refractivity contribution >= 4 is 51.0 Å². The Morgan fingerprint density at radius 3 is 2.45 bits per heavy atom. The number of hydrogen-bond acceptors (Lipinski definition) is 6. The number of halogens is 2. The lowest BCUT2D eigenvalue weighted by atomic mass is 9.90. The zero-order valence-corrected chi connectivity index (χ0v) is 23.7. The largest absolute Gasteiger partial charge is 0.383 e. The molecule has 1 saturated carbocycles. The molecule has 4 heterocycles. The number of anilines is 1. The minimum Gasteiger partial charge on any atom is -0.383 e. The normalized spacial score (nSPS) is 20.4. The van der Waals surface area contributed by atoms with Crippen LogP contribution in [0.25, 0.3) is 33.2 Å². The molecule has 1 aliphatic carbocycles. The highest BCUT2D eigenvalue weighted by Crippen LogP contribution is 2.38. The lowest BCUT2D eigenvalue weighted by Crippen LogP contribution is -2.45. The molecule has 3 aromatic heterocycles. The van der Waals surface area contributed by atoms with Crippen molar-refractivity contribution in [1.82, 2.24) is 29.2 Å².